The van der Waals surface area contributed by atoms with Gasteiger partial charge < -0.3 is 16.4 Å². The molecule has 0 aliphatic rings. The van der Waals surface area contributed by atoms with Gasteiger partial charge in [0.2, 0.25) is 5.91 Å². The van der Waals surface area contributed by atoms with Crippen molar-refractivity contribution >= 4 is 40.7 Å². The van der Waals surface area contributed by atoms with Gasteiger partial charge in [-0.3, -0.25) is 4.79 Å². The molecule has 0 fully saturated rings. The lowest BCUT2D eigenvalue weighted by molar-refractivity contribution is -0.117. The predicted octanol–water partition coefficient (Wildman–Crippen LogP) is 1.72. The molecular weight excluding hydrogens is 251 g/mol. The van der Waals surface area contributed by atoms with E-state index in [4.69, 9.17) is 28.9 Å². The summed E-state index contributed by atoms with van der Waals surface area (Å²) in [6, 6.07) is 1.58. The number of anilines is 2. The molecule has 88 valence electrons. The molecule has 1 rings (SSSR count). The molecule has 1 aromatic rings. The molecule has 1 aromatic heterocycles. The van der Waals surface area contributed by atoms with Gasteiger partial charge in [-0.2, -0.15) is 0 Å². The van der Waals surface area contributed by atoms with Crippen molar-refractivity contribution in [1.82, 2.24) is 4.98 Å². The van der Waals surface area contributed by atoms with Gasteiger partial charge in [0.25, 0.3) is 0 Å². The summed E-state index contributed by atoms with van der Waals surface area (Å²) in [5.41, 5.74) is 5.01. The van der Waals surface area contributed by atoms with E-state index in [1.54, 1.807) is 13.1 Å². The lowest BCUT2D eigenvalue weighted by atomic mass is 10.4. The average molecular weight is 263 g/mol. The van der Waals surface area contributed by atoms with Crippen LogP contribution in [0.15, 0.2) is 6.07 Å². The zero-order valence-electron chi connectivity index (χ0n) is 8.68. The Morgan fingerprint density at radius 2 is 2.06 bits per heavy atom. The highest BCUT2D eigenvalue weighted by Gasteiger charge is 2.07. The summed E-state index contributed by atoms with van der Waals surface area (Å²) in [5.74, 6) is 0.607. The number of carbonyl (C=O) groups excluding carboxylic acids is 1. The zero-order valence-corrected chi connectivity index (χ0v) is 10.2. The second-order valence-corrected chi connectivity index (χ2v) is 3.86. The van der Waals surface area contributed by atoms with E-state index in [0.29, 0.717) is 28.2 Å². The van der Waals surface area contributed by atoms with Gasteiger partial charge in [-0.15, -0.1) is 0 Å². The maximum absolute atomic E-state index is 10.5. The summed E-state index contributed by atoms with van der Waals surface area (Å²) in [5, 5.41) is 6.57. The van der Waals surface area contributed by atoms with Crippen molar-refractivity contribution < 1.29 is 4.79 Å². The molecule has 5 nitrogen and oxygen atoms in total. The first-order valence-electron chi connectivity index (χ1n) is 4.60. The molecule has 1 heterocycles. The minimum Gasteiger partial charge on any atom is -0.372 e. The molecule has 7 heteroatoms. The van der Waals surface area contributed by atoms with E-state index >= 15 is 0 Å². The maximum Gasteiger partial charge on any atom is 0.219 e. The molecule has 0 spiro atoms. The van der Waals surface area contributed by atoms with E-state index in [9.17, 15) is 4.79 Å². The molecule has 0 aliphatic heterocycles. The first-order valence-corrected chi connectivity index (χ1v) is 5.36. The Kier molecular flexibility index (Phi) is 4.64. The van der Waals surface area contributed by atoms with Crippen LogP contribution in [0.3, 0.4) is 0 Å². The van der Waals surface area contributed by atoms with E-state index in [2.05, 4.69) is 15.6 Å². The number of primary amides is 1. The molecule has 0 saturated heterocycles. The average Bonchev–Trinajstić information content (AvgIpc) is 2.20. The SMILES string of the molecule is CNc1nc(NCCC(N)=O)c(Cl)cc1Cl. The van der Waals surface area contributed by atoms with Crippen LogP contribution in [0.25, 0.3) is 0 Å². The topological polar surface area (TPSA) is 80.0 Å². The first-order chi connectivity index (χ1) is 7.54. The van der Waals surface area contributed by atoms with Crippen LogP contribution in [0.5, 0.6) is 0 Å². The third-order valence-electron chi connectivity index (χ3n) is 1.83. The third kappa shape index (κ3) is 3.43. The fraction of sp³-hybridized carbons (Fsp3) is 0.333. The minimum absolute atomic E-state index is 0.218. The van der Waals surface area contributed by atoms with Crippen LogP contribution < -0.4 is 16.4 Å². The molecule has 16 heavy (non-hydrogen) atoms. The number of halogens is 2. The van der Waals surface area contributed by atoms with E-state index in [0.717, 1.165) is 0 Å². The van der Waals surface area contributed by atoms with Crippen LogP contribution in [-0.2, 0) is 4.79 Å². The summed E-state index contributed by atoms with van der Waals surface area (Å²) in [4.78, 5) is 14.7. The van der Waals surface area contributed by atoms with Crippen molar-refractivity contribution in [3.8, 4) is 0 Å². The number of hydrogen-bond acceptors (Lipinski definition) is 4. The number of rotatable bonds is 5. The maximum atomic E-state index is 10.5. The van der Waals surface area contributed by atoms with Gasteiger partial charge in [0.15, 0.2) is 0 Å². The molecule has 0 radical (unpaired) electrons. The zero-order chi connectivity index (χ0) is 12.1. The molecular formula is C9H12Cl2N4O. The number of pyridine rings is 1. The predicted molar refractivity (Wildman–Crippen MR) is 66.1 cm³/mol. The van der Waals surface area contributed by atoms with Crippen LogP contribution in [-0.4, -0.2) is 24.5 Å². The van der Waals surface area contributed by atoms with Gasteiger partial charge in [0, 0.05) is 20.0 Å². The van der Waals surface area contributed by atoms with Gasteiger partial charge in [-0.1, -0.05) is 23.2 Å². The summed E-state index contributed by atoms with van der Waals surface area (Å²) in [6.45, 7) is 0.382. The Bertz CT molecular complexity index is 397. The minimum atomic E-state index is -0.383. The third-order valence-corrected chi connectivity index (χ3v) is 2.41. The number of nitrogens with zero attached hydrogens (tertiary/aromatic N) is 1. The number of amides is 1. The van der Waals surface area contributed by atoms with Crippen molar-refractivity contribution in [2.45, 2.75) is 6.42 Å². The Morgan fingerprint density at radius 1 is 1.44 bits per heavy atom. The normalized spacial score (nSPS) is 9.94. The van der Waals surface area contributed by atoms with E-state index < -0.39 is 0 Å². The molecule has 4 N–H and O–H groups in total. The van der Waals surface area contributed by atoms with Crippen LogP contribution >= 0.6 is 23.2 Å². The fourth-order valence-corrected chi connectivity index (χ4v) is 1.59. The monoisotopic (exact) mass is 262 g/mol. The molecule has 0 saturated carbocycles. The van der Waals surface area contributed by atoms with Gasteiger partial charge in [0.05, 0.1) is 10.0 Å². The van der Waals surface area contributed by atoms with Crippen molar-refractivity contribution in [1.29, 1.82) is 0 Å². The smallest absolute Gasteiger partial charge is 0.219 e. The lowest BCUT2D eigenvalue weighted by Crippen LogP contribution is -2.16. The number of carbonyl (C=O) groups is 1. The molecule has 0 bridgehead atoms. The Labute approximate surface area is 103 Å². The molecule has 0 aliphatic carbocycles. The van der Waals surface area contributed by atoms with E-state index in [-0.39, 0.29) is 12.3 Å². The highest BCUT2D eigenvalue weighted by atomic mass is 35.5. The Hall–Kier alpha value is -1.20. The van der Waals surface area contributed by atoms with Crippen LogP contribution in [0.2, 0.25) is 10.0 Å². The summed E-state index contributed by atoms with van der Waals surface area (Å²) < 4.78 is 0. The van der Waals surface area contributed by atoms with Crippen LogP contribution in [0.1, 0.15) is 6.42 Å². The standard InChI is InChI=1S/C9H12Cl2N4O/c1-13-8-5(10)4-6(11)9(15-8)14-3-2-7(12)16/h4H,2-3H2,1H3,(H2,12,16)(H2,13,14,15). The summed E-state index contributed by atoms with van der Waals surface area (Å²) in [6.07, 6.45) is 0.218. The van der Waals surface area contributed by atoms with Gasteiger partial charge in [-0.25, -0.2) is 4.98 Å². The van der Waals surface area contributed by atoms with E-state index in [1.807, 2.05) is 0 Å². The van der Waals surface area contributed by atoms with E-state index in [1.165, 1.54) is 0 Å². The van der Waals surface area contributed by atoms with Gasteiger partial charge in [-0.05, 0) is 6.07 Å². The van der Waals surface area contributed by atoms with Crippen molar-refractivity contribution in [3.05, 3.63) is 16.1 Å². The number of nitrogens with one attached hydrogen (secondary N) is 2. The molecule has 1 amide bonds. The summed E-state index contributed by atoms with van der Waals surface area (Å²) in [7, 11) is 1.70. The largest absolute Gasteiger partial charge is 0.372 e. The fourth-order valence-electron chi connectivity index (χ4n) is 1.07. The highest BCUT2D eigenvalue weighted by molar-refractivity contribution is 6.37. The van der Waals surface area contributed by atoms with Crippen molar-refractivity contribution in [3.63, 3.8) is 0 Å². The summed E-state index contributed by atoms with van der Waals surface area (Å²) >= 11 is 11.8. The van der Waals surface area contributed by atoms with Crippen LogP contribution in [0, 0.1) is 0 Å². The molecule has 0 atom stereocenters. The van der Waals surface area contributed by atoms with Crippen molar-refractivity contribution in [2.75, 3.05) is 24.2 Å². The second kappa shape index (κ2) is 5.77. The Balaban J connectivity index is 2.75. The molecule has 0 aromatic carbocycles. The Morgan fingerprint density at radius 3 is 2.62 bits per heavy atom. The second-order valence-electron chi connectivity index (χ2n) is 3.04. The highest BCUT2D eigenvalue weighted by Crippen LogP contribution is 2.28. The van der Waals surface area contributed by atoms with Crippen LogP contribution in [0.4, 0.5) is 11.6 Å². The number of nitrogens with two attached hydrogens (primary N) is 1. The molecule has 0 unspecified atom stereocenters. The number of aromatic nitrogens is 1. The quantitative estimate of drug-likeness (QED) is 0.755. The van der Waals surface area contributed by atoms with Gasteiger partial charge >= 0.3 is 0 Å². The lowest BCUT2D eigenvalue weighted by Gasteiger charge is -2.09. The van der Waals surface area contributed by atoms with Gasteiger partial charge in [0.1, 0.15) is 11.6 Å². The van der Waals surface area contributed by atoms with Crippen molar-refractivity contribution in [2.24, 2.45) is 5.73 Å². The first kappa shape index (κ1) is 12.9. The number of hydrogen-bond donors (Lipinski definition) is 3.